The number of hydrogen-bond acceptors (Lipinski definition) is 3. The summed E-state index contributed by atoms with van der Waals surface area (Å²) in [4.78, 5) is 10.8. The summed E-state index contributed by atoms with van der Waals surface area (Å²) in [5, 5.41) is 9.66. The Balaban J connectivity index is 2.68. The lowest BCUT2D eigenvalue weighted by Gasteiger charge is -2.10. The van der Waals surface area contributed by atoms with Crippen LogP contribution in [-0.4, -0.2) is 18.5 Å². The van der Waals surface area contributed by atoms with Crippen molar-refractivity contribution in [2.75, 3.05) is 7.11 Å². The van der Waals surface area contributed by atoms with Crippen LogP contribution in [0.25, 0.3) is 11.1 Å². The number of hydrogen-bond donors (Lipinski definition) is 1. The van der Waals surface area contributed by atoms with E-state index < -0.39 is 11.6 Å². The normalized spacial score (nSPS) is 10.3. The van der Waals surface area contributed by atoms with Crippen molar-refractivity contribution >= 4 is 6.29 Å². The zero-order valence-electron chi connectivity index (χ0n) is 9.98. The van der Waals surface area contributed by atoms with E-state index in [0.29, 0.717) is 6.29 Å². The molecular formula is C14H10F2O3. The molecule has 0 heterocycles. The van der Waals surface area contributed by atoms with Crippen LogP contribution in [0.2, 0.25) is 0 Å². The number of carbonyl (C=O) groups excluding carboxylic acids is 1. The smallest absolute Gasteiger partial charge is 0.168 e. The third-order valence-electron chi connectivity index (χ3n) is 2.69. The standard InChI is InChI=1S/C14H10F2O3/c1-19-13-5-8(4-9(7-17)14(13)18)11-6-10(15)2-3-12(11)16/h2-7,18H,1H3. The molecule has 0 unspecified atom stereocenters. The number of ether oxygens (including phenoxy) is 1. The first-order valence-electron chi connectivity index (χ1n) is 5.38. The summed E-state index contributed by atoms with van der Waals surface area (Å²) in [6, 6.07) is 5.60. The molecule has 2 rings (SSSR count). The number of aromatic hydroxyl groups is 1. The van der Waals surface area contributed by atoms with Crippen molar-refractivity contribution < 1.29 is 23.4 Å². The molecular weight excluding hydrogens is 254 g/mol. The minimum Gasteiger partial charge on any atom is -0.504 e. The van der Waals surface area contributed by atoms with Crippen molar-refractivity contribution in [3.63, 3.8) is 0 Å². The Labute approximate surface area is 108 Å². The lowest BCUT2D eigenvalue weighted by Crippen LogP contribution is -1.93. The molecule has 0 spiro atoms. The first kappa shape index (κ1) is 13.0. The third-order valence-corrected chi connectivity index (χ3v) is 2.69. The van der Waals surface area contributed by atoms with Gasteiger partial charge in [0.05, 0.1) is 12.7 Å². The lowest BCUT2D eigenvalue weighted by molar-refractivity contribution is 0.112. The molecule has 0 radical (unpaired) electrons. The average Bonchev–Trinajstić information content (AvgIpc) is 2.42. The maximum absolute atomic E-state index is 13.7. The predicted molar refractivity (Wildman–Crippen MR) is 65.4 cm³/mol. The van der Waals surface area contributed by atoms with Gasteiger partial charge in [-0.15, -0.1) is 0 Å². The number of rotatable bonds is 3. The van der Waals surface area contributed by atoms with Crippen LogP contribution in [0.3, 0.4) is 0 Å². The molecule has 3 nitrogen and oxygen atoms in total. The van der Waals surface area contributed by atoms with Crippen LogP contribution in [0.4, 0.5) is 8.78 Å². The van der Waals surface area contributed by atoms with Gasteiger partial charge in [-0.25, -0.2) is 8.78 Å². The molecule has 0 saturated carbocycles. The summed E-state index contributed by atoms with van der Waals surface area (Å²) >= 11 is 0. The Kier molecular flexibility index (Phi) is 3.46. The second-order valence-corrected chi connectivity index (χ2v) is 3.86. The van der Waals surface area contributed by atoms with Crippen LogP contribution in [0.5, 0.6) is 11.5 Å². The van der Waals surface area contributed by atoms with E-state index >= 15 is 0 Å². The third kappa shape index (κ3) is 2.40. The van der Waals surface area contributed by atoms with Crippen molar-refractivity contribution in [1.82, 2.24) is 0 Å². The summed E-state index contributed by atoms with van der Waals surface area (Å²) in [6.07, 6.45) is 0.415. The summed E-state index contributed by atoms with van der Waals surface area (Å²) in [5.74, 6) is -1.55. The van der Waals surface area contributed by atoms with Crippen LogP contribution in [-0.2, 0) is 0 Å². The number of benzene rings is 2. The minimum absolute atomic E-state index is 0.0126. The molecule has 1 N–H and O–H groups in total. The molecule has 0 aliphatic rings. The molecule has 2 aromatic carbocycles. The summed E-state index contributed by atoms with van der Waals surface area (Å²) in [6.45, 7) is 0. The van der Waals surface area contributed by atoms with Crippen LogP contribution in [0.15, 0.2) is 30.3 Å². The molecule has 5 heteroatoms. The highest BCUT2D eigenvalue weighted by molar-refractivity contribution is 5.85. The van der Waals surface area contributed by atoms with Gasteiger partial charge >= 0.3 is 0 Å². The lowest BCUT2D eigenvalue weighted by atomic mass is 10.0. The van der Waals surface area contributed by atoms with Gasteiger partial charge in [-0.2, -0.15) is 0 Å². The van der Waals surface area contributed by atoms with Crippen LogP contribution >= 0.6 is 0 Å². The molecule has 0 amide bonds. The molecule has 0 fully saturated rings. The number of aldehydes is 1. The molecule has 0 atom stereocenters. The number of carbonyl (C=O) groups is 1. The minimum atomic E-state index is -0.633. The van der Waals surface area contributed by atoms with E-state index in [9.17, 15) is 18.7 Å². The van der Waals surface area contributed by atoms with E-state index in [-0.39, 0.29) is 28.2 Å². The van der Waals surface area contributed by atoms with Gasteiger partial charge in [0, 0.05) is 5.56 Å². The maximum Gasteiger partial charge on any atom is 0.168 e. The van der Waals surface area contributed by atoms with Gasteiger partial charge in [0.1, 0.15) is 11.6 Å². The first-order chi connectivity index (χ1) is 9.06. The van der Waals surface area contributed by atoms with E-state index in [4.69, 9.17) is 4.74 Å². The van der Waals surface area contributed by atoms with E-state index in [0.717, 1.165) is 18.2 Å². The van der Waals surface area contributed by atoms with Crippen molar-refractivity contribution in [1.29, 1.82) is 0 Å². The van der Waals surface area contributed by atoms with Crippen LogP contribution < -0.4 is 4.74 Å². The predicted octanol–water partition coefficient (Wildman–Crippen LogP) is 3.16. The van der Waals surface area contributed by atoms with Crippen molar-refractivity contribution in [2.24, 2.45) is 0 Å². The van der Waals surface area contributed by atoms with Gasteiger partial charge in [0.25, 0.3) is 0 Å². The maximum atomic E-state index is 13.7. The molecule has 19 heavy (non-hydrogen) atoms. The van der Waals surface area contributed by atoms with E-state index in [2.05, 4.69) is 0 Å². The fraction of sp³-hybridized carbons (Fsp3) is 0.0714. The highest BCUT2D eigenvalue weighted by atomic mass is 19.1. The summed E-state index contributed by atoms with van der Waals surface area (Å²) < 4.78 is 31.7. The monoisotopic (exact) mass is 264 g/mol. The molecule has 98 valence electrons. The number of phenols is 1. The molecule has 0 aliphatic heterocycles. The molecule has 0 bridgehead atoms. The van der Waals surface area contributed by atoms with Crippen LogP contribution in [0.1, 0.15) is 10.4 Å². The van der Waals surface area contributed by atoms with Crippen molar-refractivity contribution in [3.8, 4) is 22.6 Å². The van der Waals surface area contributed by atoms with Crippen LogP contribution in [0, 0.1) is 11.6 Å². The number of methoxy groups -OCH3 is 1. The highest BCUT2D eigenvalue weighted by Gasteiger charge is 2.14. The number of halogens is 2. The Bertz CT molecular complexity index is 639. The fourth-order valence-corrected chi connectivity index (χ4v) is 1.75. The SMILES string of the molecule is COc1cc(-c2cc(F)ccc2F)cc(C=O)c1O. The summed E-state index contributed by atoms with van der Waals surface area (Å²) in [5.41, 5.74) is 0.174. The average molecular weight is 264 g/mol. The van der Waals surface area contributed by atoms with E-state index in [1.807, 2.05) is 0 Å². The van der Waals surface area contributed by atoms with Gasteiger partial charge in [-0.1, -0.05) is 0 Å². The van der Waals surface area contributed by atoms with Gasteiger partial charge in [0.2, 0.25) is 0 Å². The zero-order chi connectivity index (χ0) is 14.0. The van der Waals surface area contributed by atoms with Gasteiger partial charge < -0.3 is 9.84 Å². The van der Waals surface area contributed by atoms with Gasteiger partial charge in [0.15, 0.2) is 17.8 Å². The Morgan fingerprint density at radius 1 is 1.21 bits per heavy atom. The quantitative estimate of drug-likeness (QED) is 0.866. The highest BCUT2D eigenvalue weighted by Crippen LogP contribution is 2.35. The topological polar surface area (TPSA) is 46.5 Å². The molecule has 2 aromatic rings. The molecule has 0 saturated heterocycles. The molecule has 0 aliphatic carbocycles. The Hall–Kier alpha value is -2.43. The van der Waals surface area contributed by atoms with Gasteiger partial charge in [-0.3, -0.25) is 4.79 Å². The van der Waals surface area contributed by atoms with Crippen molar-refractivity contribution in [3.05, 3.63) is 47.5 Å². The summed E-state index contributed by atoms with van der Waals surface area (Å²) in [7, 11) is 1.30. The second kappa shape index (κ2) is 5.06. The Morgan fingerprint density at radius 2 is 1.95 bits per heavy atom. The number of phenolic OH excluding ortho intramolecular Hbond substituents is 1. The largest absolute Gasteiger partial charge is 0.504 e. The van der Waals surface area contributed by atoms with E-state index in [1.54, 1.807) is 0 Å². The van der Waals surface area contributed by atoms with Gasteiger partial charge in [-0.05, 0) is 35.9 Å². The molecule has 0 aromatic heterocycles. The van der Waals surface area contributed by atoms with Crippen molar-refractivity contribution in [2.45, 2.75) is 0 Å². The first-order valence-corrected chi connectivity index (χ1v) is 5.38. The Morgan fingerprint density at radius 3 is 2.58 bits per heavy atom. The zero-order valence-corrected chi connectivity index (χ0v) is 9.98. The fourth-order valence-electron chi connectivity index (χ4n) is 1.75. The second-order valence-electron chi connectivity index (χ2n) is 3.86. The van der Waals surface area contributed by atoms with E-state index in [1.165, 1.54) is 19.2 Å².